The minimum atomic E-state index is -0.197. The van der Waals surface area contributed by atoms with E-state index in [-0.39, 0.29) is 5.91 Å². The summed E-state index contributed by atoms with van der Waals surface area (Å²) in [5.41, 5.74) is 1.58. The van der Waals surface area contributed by atoms with Crippen molar-refractivity contribution in [2.45, 2.75) is 0 Å². The summed E-state index contributed by atoms with van der Waals surface area (Å²) in [5.74, 6) is 0.540. The normalized spacial score (nSPS) is 10.6. The molecule has 5 heteroatoms. The van der Waals surface area contributed by atoms with E-state index in [1.54, 1.807) is 49.8 Å². The zero-order chi connectivity index (χ0) is 15.6. The van der Waals surface area contributed by atoms with Gasteiger partial charge in [0.2, 0.25) is 5.91 Å². The second kappa shape index (κ2) is 8.59. The Labute approximate surface area is 129 Å². The fourth-order valence-corrected chi connectivity index (χ4v) is 1.71. The number of carbonyl (C=O) groups is 1. The molecule has 0 spiro atoms. The number of pyridine rings is 1. The van der Waals surface area contributed by atoms with Crippen LogP contribution >= 0.6 is 0 Å². The molecule has 0 atom stereocenters. The lowest BCUT2D eigenvalue weighted by Crippen LogP contribution is -2.08. The first-order chi connectivity index (χ1) is 10.8. The van der Waals surface area contributed by atoms with Crippen LogP contribution in [-0.2, 0) is 9.53 Å². The van der Waals surface area contributed by atoms with E-state index in [0.29, 0.717) is 18.9 Å². The quantitative estimate of drug-likeness (QED) is 0.631. The Balaban J connectivity index is 1.85. The molecule has 22 heavy (non-hydrogen) atoms. The summed E-state index contributed by atoms with van der Waals surface area (Å²) in [6.45, 7) is 1.04. The Morgan fingerprint density at radius 1 is 1.23 bits per heavy atom. The van der Waals surface area contributed by atoms with Gasteiger partial charge in [-0.2, -0.15) is 0 Å². The lowest BCUT2D eigenvalue weighted by atomic mass is 10.2. The van der Waals surface area contributed by atoms with Gasteiger partial charge in [0.05, 0.1) is 6.61 Å². The van der Waals surface area contributed by atoms with Crippen LogP contribution in [0, 0.1) is 0 Å². The predicted molar refractivity (Wildman–Crippen MR) is 85.7 cm³/mol. The molecule has 1 aromatic heterocycles. The minimum absolute atomic E-state index is 0.197. The first-order valence-corrected chi connectivity index (χ1v) is 6.89. The number of ether oxygens (including phenoxy) is 2. The third-order valence-corrected chi connectivity index (χ3v) is 2.79. The summed E-state index contributed by atoms with van der Waals surface area (Å²) in [4.78, 5) is 15.8. The predicted octanol–water partition coefficient (Wildman–Crippen LogP) is 2.76. The number of benzene rings is 1. The first kappa shape index (κ1) is 15.7. The van der Waals surface area contributed by atoms with Gasteiger partial charge in [-0.25, -0.2) is 0 Å². The maximum Gasteiger partial charge on any atom is 0.248 e. The zero-order valence-electron chi connectivity index (χ0n) is 12.4. The third-order valence-electron chi connectivity index (χ3n) is 2.79. The van der Waals surface area contributed by atoms with Gasteiger partial charge < -0.3 is 14.8 Å². The van der Waals surface area contributed by atoms with Gasteiger partial charge in [0.15, 0.2) is 0 Å². The molecular formula is C17H18N2O3. The van der Waals surface area contributed by atoms with Gasteiger partial charge in [-0.05, 0) is 42.0 Å². The van der Waals surface area contributed by atoms with Crippen LogP contribution in [0.1, 0.15) is 5.56 Å². The van der Waals surface area contributed by atoms with Crippen LogP contribution in [0.25, 0.3) is 6.08 Å². The number of hydrogen-bond acceptors (Lipinski definition) is 4. The number of nitrogens with one attached hydrogen (secondary N) is 1. The van der Waals surface area contributed by atoms with Crippen molar-refractivity contribution in [1.29, 1.82) is 0 Å². The van der Waals surface area contributed by atoms with E-state index in [1.165, 1.54) is 6.08 Å². The van der Waals surface area contributed by atoms with Crippen molar-refractivity contribution in [3.8, 4) is 5.75 Å². The van der Waals surface area contributed by atoms with E-state index in [4.69, 9.17) is 9.47 Å². The van der Waals surface area contributed by atoms with Gasteiger partial charge in [0.1, 0.15) is 12.4 Å². The molecule has 0 saturated carbocycles. The lowest BCUT2D eigenvalue weighted by molar-refractivity contribution is -0.111. The zero-order valence-corrected chi connectivity index (χ0v) is 12.4. The number of aromatic nitrogens is 1. The van der Waals surface area contributed by atoms with Crippen molar-refractivity contribution in [3.05, 3.63) is 60.4 Å². The summed E-state index contributed by atoms with van der Waals surface area (Å²) < 4.78 is 10.4. The van der Waals surface area contributed by atoms with Crippen LogP contribution in [0.5, 0.6) is 5.75 Å². The molecule has 0 aliphatic heterocycles. The molecule has 2 aromatic rings. The van der Waals surface area contributed by atoms with Crippen molar-refractivity contribution < 1.29 is 14.3 Å². The highest BCUT2D eigenvalue weighted by Crippen LogP contribution is 2.15. The maximum atomic E-state index is 11.8. The van der Waals surface area contributed by atoms with Crippen LogP contribution in [0.2, 0.25) is 0 Å². The number of methoxy groups -OCH3 is 1. The average molecular weight is 298 g/mol. The molecule has 5 nitrogen and oxygen atoms in total. The molecular weight excluding hydrogens is 280 g/mol. The summed E-state index contributed by atoms with van der Waals surface area (Å²) in [6, 6.07) is 10.9. The second-order valence-electron chi connectivity index (χ2n) is 4.47. The molecule has 0 unspecified atom stereocenters. The second-order valence-corrected chi connectivity index (χ2v) is 4.47. The molecule has 1 heterocycles. The number of amides is 1. The highest BCUT2D eigenvalue weighted by atomic mass is 16.5. The van der Waals surface area contributed by atoms with Crippen molar-refractivity contribution >= 4 is 17.7 Å². The molecule has 2 rings (SSSR count). The molecule has 114 valence electrons. The Bertz CT molecular complexity index is 610. The van der Waals surface area contributed by atoms with E-state index in [0.717, 1.165) is 11.3 Å². The van der Waals surface area contributed by atoms with Crippen molar-refractivity contribution in [1.82, 2.24) is 4.98 Å². The van der Waals surface area contributed by atoms with Gasteiger partial charge in [0, 0.05) is 31.3 Å². The maximum absolute atomic E-state index is 11.8. The standard InChI is InChI=1S/C17H18N2O3/c1-21-11-12-22-16-7-5-15(6-8-16)19-17(20)9-4-14-3-2-10-18-13-14/h2-10,13H,11-12H2,1H3,(H,19,20)/b9-4+. The average Bonchev–Trinajstić information content (AvgIpc) is 2.56. The largest absolute Gasteiger partial charge is 0.491 e. The summed E-state index contributed by atoms with van der Waals surface area (Å²) in [6.07, 6.45) is 6.56. The monoisotopic (exact) mass is 298 g/mol. The molecule has 0 aliphatic carbocycles. The van der Waals surface area contributed by atoms with Gasteiger partial charge >= 0.3 is 0 Å². The Morgan fingerprint density at radius 3 is 2.73 bits per heavy atom. The molecule has 1 aromatic carbocycles. The van der Waals surface area contributed by atoms with Crippen LogP contribution in [0.3, 0.4) is 0 Å². The third kappa shape index (κ3) is 5.38. The number of nitrogens with zero attached hydrogens (tertiary/aromatic N) is 1. The number of carbonyl (C=O) groups excluding carboxylic acids is 1. The van der Waals surface area contributed by atoms with E-state index < -0.39 is 0 Å². The fraction of sp³-hybridized carbons (Fsp3) is 0.176. The molecule has 0 fully saturated rings. The number of rotatable bonds is 7. The smallest absolute Gasteiger partial charge is 0.248 e. The van der Waals surface area contributed by atoms with Crippen molar-refractivity contribution in [2.75, 3.05) is 25.6 Å². The highest BCUT2D eigenvalue weighted by molar-refractivity contribution is 6.01. The minimum Gasteiger partial charge on any atom is -0.491 e. The fourth-order valence-electron chi connectivity index (χ4n) is 1.71. The van der Waals surface area contributed by atoms with Crippen molar-refractivity contribution in [2.24, 2.45) is 0 Å². The van der Waals surface area contributed by atoms with Crippen LogP contribution in [0.4, 0.5) is 5.69 Å². The Morgan fingerprint density at radius 2 is 2.05 bits per heavy atom. The van der Waals surface area contributed by atoms with Gasteiger partial charge in [-0.1, -0.05) is 6.07 Å². The Hall–Kier alpha value is -2.66. The van der Waals surface area contributed by atoms with E-state index in [9.17, 15) is 4.79 Å². The van der Waals surface area contributed by atoms with Gasteiger partial charge in [0.25, 0.3) is 0 Å². The molecule has 0 aliphatic rings. The van der Waals surface area contributed by atoms with Gasteiger partial charge in [-0.3, -0.25) is 9.78 Å². The highest BCUT2D eigenvalue weighted by Gasteiger charge is 1.99. The van der Waals surface area contributed by atoms with E-state index in [2.05, 4.69) is 10.3 Å². The van der Waals surface area contributed by atoms with Crippen LogP contribution in [-0.4, -0.2) is 31.2 Å². The molecule has 0 saturated heterocycles. The molecule has 0 radical (unpaired) electrons. The molecule has 0 bridgehead atoms. The molecule has 1 amide bonds. The topological polar surface area (TPSA) is 60.5 Å². The Kier molecular flexibility index (Phi) is 6.14. The van der Waals surface area contributed by atoms with Crippen LogP contribution in [0.15, 0.2) is 54.9 Å². The van der Waals surface area contributed by atoms with E-state index in [1.807, 2.05) is 12.1 Å². The van der Waals surface area contributed by atoms with Crippen LogP contribution < -0.4 is 10.1 Å². The summed E-state index contributed by atoms with van der Waals surface area (Å²) in [7, 11) is 1.63. The number of anilines is 1. The van der Waals surface area contributed by atoms with Gasteiger partial charge in [-0.15, -0.1) is 0 Å². The molecule has 1 N–H and O–H groups in total. The SMILES string of the molecule is COCCOc1ccc(NC(=O)/C=C/c2cccnc2)cc1. The van der Waals surface area contributed by atoms with Crippen molar-refractivity contribution in [3.63, 3.8) is 0 Å². The lowest BCUT2D eigenvalue weighted by Gasteiger charge is -2.07. The summed E-state index contributed by atoms with van der Waals surface area (Å²) >= 11 is 0. The first-order valence-electron chi connectivity index (χ1n) is 6.89. The number of hydrogen-bond donors (Lipinski definition) is 1. The summed E-state index contributed by atoms with van der Waals surface area (Å²) in [5, 5.41) is 2.78. The van der Waals surface area contributed by atoms with E-state index >= 15 is 0 Å².